The van der Waals surface area contributed by atoms with Gasteiger partial charge in [-0.05, 0) is 6.07 Å². The minimum Gasteiger partial charge on any atom is -0.595 e. The first kappa shape index (κ1) is 19.4. The number of methoxy groups -OCH3 is 1. The summed E-state index contributed by atoms with van der Waals surface area (Å²) >= 11 is 0. The molecule has 0 bridgehead atoms. The fourth-order valence-electron chi connectivity index (χ4n) is 2.91. The zero-order valence-electron chi connectivity index (χ0n) is 15.4. The number of nitrogens with zero attached hydrogens (tertiary/aromatic N) is 1. The van der Waals surface area contributed by atoms with Gasteiger partial charge in [0.2, 0.25) is 5.69 Å². The van der Waals surface area contributed by atoms with Gasteiger partial charge in [0.05, 0.1) is 18.0 Å². The molecule has 1 heterocycles. The zero-order valence-corrected chi connectivity index (χ0v) is 15.4. The van der Waals surface area contributed by atoms with Crippen molar-refractivity contribution >= 4 is 28.5 Å². The lowest BCUT2D eigenvalue weighted by molar-refractivity contribution is -0.991. The Hall–Kier alpha value is -3.40. The highest BCUT2D eigenvalue weighted by atomic mass is 16.8. The van der Waals surface area contributed by atoms with Gasteiger partial charge in [0.25, 0.3) is 0 Å². The number of nitrogens with one attached hydrogen (secondary N) is 1. The lowest BCUT2D eigenvalue weighted by Gasteiger charge is -2.15. The molecule has 9 nitrogen and oxygen atoms in total. The van der Waals surface area contributed by atoms with Gasteiger partial charge in [-0.3, -0.25) is 4.79 Å². The van der Waals surface area contributed by atoms with Crippen LogP contribution in [0.5, 0.6) is 11.5 Å². The number of benzene rings is 2. The van der Waals surface area contributed by atoms with Gasteiger partial charge in [0.1, 0.15) is 5.69 Å². The predicted octanol–water partition coefficient (Wildman–Crippen LogP) is 1.62. The highest BCUT2D eigenvalue weighted by molar-refractivity contribution is 5.99. The third-order valence-corrected chi connectivity index (χ3v) is 3.94. The van der Waals surface area contributed by atoms with Crippen LogP contribution in [-0.4, -0.2) is 29.0 Å². The van der Waals surface area contributed by atoms with E-state index in [0.29, 0.717) is 16.6 Å². The molecule has 146 valence electrons. The van der Waals surface area contributed by atoms with Crippen molar-refractivity contribution in [2.45, 2.75) is 13.8 Å². The Kier molecular flexibility index (Phi) is 5.32. The molecule has 1 aromatic heterocycles. The average Bonchev–Trinajstić information content (AvgIpc) is 2.92. The molecule has 0 spiro atoms. The van der Waals surface area contributed by atoms with Crippen molar-refractivity contribution in [3.05, 3.63) is 47.7 Å². The van der Waals surface area contributed by atoms with E-state index in [0.717, 1.165) is 4.73 Å². The Labute approximate surface area is 159 Å². The fraction of sp³-hybridized carbons (Fsp3) is 0.158. The second-order valence-electron chi connectivity index (χ2n) is 5.89. The van der Waals surface area contributed by atoms with E-state index in [2.05, 4.69) is 0 Å². The number of hydrogen-bond donors (Lipinski definition) is 2. The lowest BCUT2D eigenvalue weighted by atomic mass is 10.1. The summed E-state index contributed by atoms with van der Waals surface area (Å²) in [5.74, 6) is -1.00. The quantitative estimate of drug-likeness (QED) is 0.506. The van der Waals surface area contributed by atoms with E-state index in [1.54, 1.807) is 30.3 Å². The van der Waals surface area contributed by atoms with Crippen LogP contribution < -0.4 is 19.5 Å². The maximum absolute atomic E-state index is 11.7. The Bertz CT molecular complexity index is 1040. The number of esters is 1. The van der Waals surface area contributed by atoms with Gasteiger partial charge >= 0.3 is 11.9 Å². The van der Waals surface area contributed by atoms with Gasteiger partial charge < -0.3 is 19.5 Å². The molecule has 3 aromatic rings. The zero-order chi connectivity index (χ0) is 20.4. The van der Waals surface area contributed by atoms with Crippen molar-refractivity contribution in [3.63, 3.8) is 0 Å². The smallest absolute Gasteiger partial charge is 0.329 e. The molecule has 1 unspecified atom stereocenters. The van der Waals surface area contributed by atoms with Crippen molar-refractivity contribution < 1.29 is 34.3 Å². The number of hydrogen-bond acceptors (Lipinski definition) is 7. The molecule has 0 saturated carbocycles. The van der Waals surface area contributed by atoms with Crippen LogP contribution in [-0.2, 0) is 9.59 Å². The highest BCUT2D eigenvalue weighted by Gasteiger charge is 2.27. The SMILES string of the molecule is COc1cc2c(OC(C)=O)c(-c3ccccc3)n(OC(C)=O)c2cc1[NH+]([O-])O. The fourth-order valence-corrected chi connectivity index (χ4v) is 2.91. The van der Waals surface area contributed by atoms with E-state index < -0.39 is 17.2 Å². The third kappa shape index (κ3) is 3.54. The molecule has 0 aliphatic rings. The highest BCUT2D eigenvalue weighted by Crippen LogP contribution is 2.42. The number of carbonyl (C=O) groups excluding carboxylic acids is 2. The monoisotopic (exact) mass is 386 g/mol. The molecule has 0 aliphatic heterocycles. The molecule has 0 saturated heterocycles. The van der Waals surface area contributed by atoms with Crippen molar-refractivity contribution in [1.29, 1.82) is 0 Å². The largest absolute Gasteiger partial charge is 0.595 e. The van der Waals surface area contributed by atoms with Gasteiger partial charge in [-0.2, -0.15) is 9.96 Å². The molecular formula is C19H18N2O7. The Morgan fingerprint density at radius 1 is 1.11 bits per heavy atom. The van der Waals surface area contributed by atoms with Crippen LogP contribution in [0.3, 0.4) is 0 Å². The summed E-state index contributed by atoms with van der Waals surface area (Å²) in [7, 11) is 1.33. The molecule has 0 aliphatic carbocycles. The first-order valence-electron chi connectivity index (χ1n) is 8.26. The van der Waals surface area contributed by atoms with Crippen LogP contribution in [0.2, 0.25) is 0 Å². The number of carbonyl (C=O) groups is 2. The Morgan fingerprint density at radius 2 is 1.79 bits per heavy atom. The summed E-state index contributed by atoms with van der Waals surface area (Å²) in [5.41, 5.74) is 1.01. The van der Waals surface area contributed by atoms with E-state index >= 15 is 0 Å². The van der Waals surface area contributed by atoms with Gasteiger partial charge in [-0.25, -0.2) is 10.0 Å². The third-order valence-electron chi connectivity index (χ3n) is 3.94. The molecule has 2 aromatic carbocycles. The Morgan fingerprint density at radius 3 is 2.32 bits per heavy atom. The van der Waals surface area contributed by atoms with Gasteiger partial charge in [-0.1, -0.05) is 30.3 Å². The van der Waals surface area contributed by atoms with Crippen molar-refractivity contribution in [1.82, 2.24) is 4.73 Å². The molecule has 0 radical (unpaired) electrons. The summed E-state index contributed by atoms with van der Waals surface area (Å²) in [4.78, 5) is 28.8. The van der Waals surface area contributed by atoms with E-state index in [1.807, 2.05) is 0 Å². The molecule has 0 fully saturated rings. The molecule has 9 heteroatoms. The Balaban J connectivity index is 2.45. The average molecular weight is 386 g/mol. The second-order valence-corrected chi connectivity index (χ2v) is 5.89. The summed E-state index contributed by atoms with van der Waals surface area (Å²) in [5, 5.41) is 20.2. The van der Waals surface area contributed by atoms with E-state index in [1.165, 1.54) is 33.1 Å². The topological polar surface area (TPSA) is 114 Å². The number of ether oxygens (including phenoxy) is 2. The van der Waals surface area contributed by atoms with Crippen molar-refractivity contribution in [2.75, 3.05) is 7.11 Å². The van der Waals surface area contributed by atoms with Crippen LogP contribution in [0.15, 0.2) is 42.5 Å². The summed E-state index contributed by atoms with van der Waals surface area (Å²) in [6, 6.07) is 11.6. The van der Waals surface area contributed by atoms with Gasteiger partial charge in [0.15, 0.2) is 11.5 Å². The normalized spacial score (nSPS) is 11.9. The second kappa shape index (κ2) is 7.69. The molecule has 2 N–H and O–H groups in total. The van der Waals surface area contributed by atoms with E-state index in [4.69, 9.17) is 14.3 Å². The number of fused-ring (bicyclic) bond motifs is 1. The first-order chi connectivity index (χ1) is 13.3. The van der Waals surface area contributed by atoms with Crippen molar-refractivity contribution in [2.24, 2.45) is 0 Å². The number of rotatable bonds is 5. The van der Waals surface area contributed by atoms with Crippen LogP contribution in [0.4, 0.5) is 5.69 Å². The minimum absolute atomic E-state index is 0.0768. The van der Waals surface area contributed by atoms with Gasteiger partial charge in [0, 0.05) is 25.5 Å². The molecule has 0 amide bonds. The van der Waals surface area contributed by atoms with Crippen molar-refractivity contribution in [3.8, 4) is 22.8 Å². The molecular weight excluding hydrogens is 368 g/mol. The maximum Gasteiger partial charge on any atom is 0.329 e. The summed E-state index contributed by atoms with van der Waals surface area (Å²) < 4.78 is 11.8. The molecule has 28 heavy (non-hydrogen) atoms. The first-order valence-corrected chi connectivity index (χ1v) is 8.26. The molecule has 3 rings (SSSR count). The number of quaternary nitrogens is 1. The van der Waals surface area contributed by atoms with Crippen LogP contribution >= 0.6 is 0 Å². The number of aromatic nitrogens is 1. The van der Waals surface area contributed by atoms with Gasteiger partial charge in [-0.15, -0.1) is 0 Å². The molecule has 1 atom stereocenters. The summed E-state index contributed by atoms with van der Waals surface area (Å²) in [6.45, 7) is 2.46. The van der Waals surface area contributed by atoms with Crippen LogP contribution in [0.25, 0.3) is 22.2 Å². The van der Waals surface area contributed by atoms with E-state index in [-0.39, 0.29) is 22.7 Å². The van der Waals surface area contributed by atoms with Crippen LogP contribution in [0.1, 0.15) is 13.8 Å². The summed E-state index contributed by atoms with van der Waals surface area (Å²) in [6.07, 6.45) is 0. The van der Waals surface area contributed by atoms with Crippen LogP contribution in [0, 0.1) is 5.21 Å². The minimum atomic E-state index is -1.22. The lowest BCUT2D eigenvalue weighted by Crippen LogP contribution is -2.99. The van der Waals surface area contributed by atoms with E-state index in [9.17, 15) is 20.0 Å². The predicted molar refractivity (Wildman–Crippen MR) is 98.3 cm³/mol. The standard InChI is InChI=1S/C19H18N2O7/c1-11(22)27-19-14-9-17(26-3)16(21(24)25)10-15(14)20(28-12(2)23)18(19)13-7-5-4-6-8-13/h4-10,21,24H,1-3H3. The maximum atomic E-state index is 11.7.